The summed E-state index contributed by atoms with van der Waals surface area (Å²) < 4.78 is 2.12. The first-order valence-corrected chi connectivity index (χ1v) is 8.54. The third-order valence-electron chi connectivity index (χ3n) is 3.58. The fourth-order valence-electron chi connectivity index (χ4n) is 2.41. The zero-order valence-corrected chi connectivity index (χ0v) is 14.9. The summed E-state index contributed by atoms with van der Waals surface area (Å²) in [5.74, 6) is -0.0306. The van der Waals surface area contributed by atoms with Gasteiger partial charge in [0.05, 0.1) is 5.52 Å². The summed E-state index contributed by atoms with van der Waals surface area (Å²) in [7, 11) is 3.62. The lowest BCUT2D eigenvalue weighted by atomic mass is 10.2. The zero-order valence-electron chi connectivity index (χ0n) is 13.3. The van der Waals surface area contributed by atoms with Crippen LogP contribution in [0.15, 0.2) is 64.3 Å². The average molecular weight is 356 g/mol. The quantitative estimate of drug-likeness (QED) is 0.561. The molecule has 0 spiro atoms. The number of aromatic nitrogens is 1. The van der Waals surface area contributed by atoms with E-state index in [4.69, 9.17) is 12.2 Å². The highest BCUT2D eigenvalue weighted by Crippen LogP contribution is 2.34. The molecule has 0 aliphatic carbocycles. The van der Waals surface area contributed by atoms with Gasteiger partial charge in [0, 0.05) is 25.2 Å². The summed E-state index contributed by atoms with van der Waals surface area (Å²) in [6, 6.07) is 16.7. The molecule has 1 heterocycles. The largest absolute Gasteiger partial charge is 0.506 e. The molecule has 0 bridgehead atoms. The molecule has 0 radical (unpaired) electrons. The standard InChI is InChI=1S/C18H16N2O2S2/c1-19(2)18(23)24-16-15(21)13-10-6-7-11-14(13)20(17(16)22)12-8-4-3-5-9-12/h3-11,21H,1-2H3. The number of fused-ring (bicyclic) bond motifs is 1. The summed E-state index contributed by atoms with van der Waals surface area (Å²) in [5.41, 5.74) is 1.12. The molecule has 0 amide bonds. The maximum Gasteiger partial charge on any atom is 0.273 e. The summed E-state index contributed by atoms with van der Waals surface area (Å²) >= 11 is 6.39. The Morgan fingerprint density at radius 2 is 1.71 bits per heavy atom. The fourth-order valence-corrected chi connectivity index (χ4v) is 3.40. The normalized spacial score (nSPS) is 10.8. The Kier molecular flexibility index (Phi) is 4.59. The van der Waals surface area contributed by atoms with Crippen LogP contribution in [0.3, 0.4) is 0 Å². The van der Waals surface area contributed by atoms with Crippen molar-refractivity contribution >= 4 is 39.2 Å². The summed E-state index contributed by atoms with van der Waals surface area (Å²) in [6.07, 6.45) is 0. The number of pyridine rings is 1. The van der Waals surface area contributed by atoms with Crippen LogP contribution in [0.5, 0.6) is 5.75 Å². The minimum absolute atomic E-state index is 0.0306. The number of thiocarbonyl (C=S) groups is 1. The van der Waals surface area contributed by atoms with Crippen LogP contribution in [0.1, 0.15) is 0 Å². The van der Waals surface area contributed by atoms with Crippen LogP contribution >= 0.6 is 24.0 Å². The van der Waals surface area contributed by atoms with E-state index in [9.17, 15) is 9.90 Å². The number of hydrogen-bond donors (Lipinski definition) is 1. The van der Waals surface area contributed by atoms with Crippen LogP contribution in [0.4, 0.5) is 0 Å². The van der Waals surface area contributed by atoms with Crippen molar-refractivity contribution < 1.29 is 5.11 Å². The maximum absolute atomic E-state index is 13.1. The second-order valence-corrected chi connectivity index (χ2v) is 7.08. The molecule has 122 valence electrons. The molecule has 6 heteroatoms. The van der Waals surface area contributed by atoms with E-state index in [0.29, 0.717) is 15.2 Å². The van der Waals surface area contributed by atoms with Crippen molar-refractivity contribution in [3.8, 4) is 11.4 Å². The number of rotatable bonds is 2. The van der Waals surface area contributed by atoms with E-state index in [1.165, 1.54) is 0 Å². The van der Waals surface area contributed by atoms with E-state index < -0.39 is 0 Å². The highest BCUT2D eigenvalue weighted by atomic mass is 32.2. The lowest BCUT2D eigenvalue weighted by molar-refractivity contribution is 0.466. The van der Waals surface area contributed by atoms with Gasteiger partial charge in [-0.2, -0.15) is 0 Å². The first kappa shape index (κ1) is 16.5. The van der Waals surface area contributed by atoms with E-state index in [-0.39, 0.29) is 16.2 Å². The summed E-state index contributed by atoms with van der Waals surface area (Å²) in [4.78, 5) is 15.0. The van der Waals surface area contributed by atoms with E-state index in [0.717, 1.165) is 17.4 Å². The van der Waals surface area contributed by atoms with Crippen LogP contribution in [0, 0.1) is 0 Å². The third kappa shape index (κ3) is 2.90. The van der Waals surface area contributed by atoms with E-state index in [1.54, 1.807) is 15.5 Å². The Bertz CT molecular complexity index is 966. The topological polar surface area (TPSA) is 45.5 Å². The van der Waals surface area contributed by atoms with Crippen LogP contribution in [-0.2, 0) is 0 Å². The van der Waals surface area contributed by atoms with Gasteiger partial charge in [-0.25, -0.2) is 0 Å². The number of benzene rings is 2. The van der Waals surface area contributed by atoms with Gasteiger partial charge in [-0.3, -0.25) is 9.36 Å². The van der Waals surface area contributed by atoms with Crippen molar-refractivity contribution in [1.29, 1.82) is 0 Å². The lowest BCUT2D eigenvalue weighted by Crippen LogP contribution is -2.23. The Labute approximate surface area is 149 Å². The summed E-state index contributed by atoms with van der Waals surface area (Å²) in [6.45, 7) is 0. The lowest BCUT2D eigenvalue weighted by Gasteiger charge is -2.17. The van der Waals surface area contributed by atoms with Crippen LogP contribution < -0.4 is 5.56 Å². The summed E-state index contributed by atoms with van der Waals surface area (Å²) in [5, 5.41) is 11.2. The first-order valence-electron chi connectivity index (χ1n) is 7.32. The number of hydrogen-bond acceptors (Lipinski definition) is 4. The molecular formula is C18H16N2O2S2. The smallest absolute Gasteiger partial charge is 0.273 e. The minimum atomic E-state index is -0.286. The molecule has 0 aliphatic rings. The van der Waals surface area contributed by atoms with Crippen molar-refractivity contribution in [3.05, 3.63) is 65.0 Å². The van der Waals surface area contributed by atoms with Crippen molar-refractivity contribution in [2.75, 3.05) is 14.1 Å². The van der Waals surface area contributed by atoms with Crippen LogP contribution in [0.2, 0.25) is 0 Å². The average Bonchev–Trinajstić information content (AvgIpc) is 2.59. The van der Waals surface area contributed by atoms with E-state index >= 15 is 0 Å². The predicted octanol–water partition coefficient (Wildman–Crippen LogP) is 3.63. The van der Waals surface area contributed by atoms with Gasteiger partial charge in [-0.15, -0.1) is 0 Å². The minimum Gasteiger partial charge on any atom is -0.506 e. The highest BCUT2D eigenvalue weighted by molar-refractivity contribution is 8.23. The number of nitrogens with zero attached hydrogens (tertiary/aromatic N) is 2. The van der Waals surface area contributed by atoms with E-state index in [1.807, 2.05) is 62.6 Å². The van der Waals surface area contributed by atoms with E-state index in [2.05, 4.69) is 0 Å². The Morgan fingerprint density at radius 3 is 2.38 bits per heavy atom. The molecule has 0 saturated carbocycles. The van der Waals surface area contributed by atoms with Gasteiger partial charge in [0.25, 0.3) is 5.56 Å². The molecule has 3 rings (SSSR count). The zero-order chi connectivity index (χ0) is 17.3. The predicted molar refractivity (Wildman–Crippen MR) is 103 cm³/mol. The van der Waals surface area contributed by atoms with Gasteiger partial charge in [-0.05, 0) is 24.3 Å². The Morgan fingerprint density at radius 1 is 1.08 bits per heavy atom. The molecule has 0 saturated heterocycles. The maximum atomic E-state index is 13.1. The van der Waals surface area contributed by atoms with Gasteiger partial charge >= 0.3 is 0 Å². The van der Waals surface area contributed by atoms with Crippen molar-refractivity contribution in [3.63, 3.8) is 0 Å². The Hall–Kier alpha value is -2.31. The molecule has 1 N–H and O–H groups in total. The van der Waals surface area contributed by atoms with Crippen LogP contribution in [-0.4, -0.2) is 33.0 Å². The van der Waals surface area contributed by atoms with Gasteiger partial charge in [0.2, 0.25) is 0 Å². The second kappa shape index (κ2) is 6.67. The molecule has 0 aliphatic heterocycles. The van der Waals surface area contributed by atoms with Crippen molar-refractivity contribution in [2.45, 2.75) is 4.90 Å². The molecule has 4 nitrogen and oxygen atoms in total. The monoisotopic (exact) mass is 356 g/mol. The highest BCUT2D eigenvalue weighted by Gasteiger charge is 2.19. The van der Waals surface area contributed by atoms with Crippen LogP contribution in [0.25, 0.3) is 16.6 Å². The molecule has 0 unspecified atom stereocenters. The van der Waals surface area contributed by atoms with Crippen molar-refractivity contribution in [1.82, 2.24) is 9.47 Å². The van der Waals surface area contributed by atoms with Gasteiger partial charge in [0.1, 0.15) is 15.0 Å². The first-order chi connectivity index (χ1) is 11.5. The van der Waals surface area contributed by atoms with Gasteiger partial charge in [-0.1, -0.05) is 54.3 Å². The third-order valence-corrected chi connectivity index (χ3v) is 5.31. The molecule has 1 aromatic heterocycles. The van der Waals surface area contributed by atoms with Gasteiger partial charge < -0.3 is 10.0 Å². The molecule has 0 fully saturated rings. The SMILES string of the molecule is CN(C)C(=S)Sc1c(O)c2ccccc2n(-c2ccccc2)c1=O. The number of aromatic hydroxyl groups is 1. The Balaban J connectivity index is 2.34. The molecule has 0 atom stereocenters. The van der Waals surface area contributed by atoms with Crippen molar-refractivity contribution in [2.24, 2.45) is 0 Å². The molecular weight excluding hydrogens is 340 g/mol. The molecule has 2 aromatic carbocycles. The van der Waals surface area contributed by atoms with Gasteiger partial charge in [0.15, 0.2) is 0 Å². The number of thioether (sulfide) groups is 1. The fraction of sp³-hybridized carbons (Fsp3) is 0.111. The second-order valence-electron chi connectivity index (χ2n) is 5.43. The number of para-hydroxylation sites is 2. The molecule has 24 heavy (non-hydrogen) atoms. The molecule has 3 aromatic rings.